The van der Waals surface area contributed by atoms with Crippen LogP contribution in [0.4, 0.5) is 13.2 Å². The first-order chi connectivity index (χ1) is 19.1. The number of carboxylic acid groups (broad SMARTS) is 1. The van der Waals surface area contributed by atoms with Gasteiger partial charge < -0.3 is 25.4 Å². The van der Waals surface area contributed by atoms with E-state index in [0.717, 1.165) is 5.39 Å². The van der Waals surface area contributed by atoms with Gasteiger partial charge in [0.25, 0.3) is 0 Å². The van der Waals surface area contributed by atoms with Crippen molar-refractivity contribution in [3.63, 3.8) is 0 Å². The monoisotopic (exact) mass is 561 g/mol. The zero-order chi connectivity index (χ0) is 28.9. The summed E-state index contributed by atoms with van der Waals surface area (Å²) in [5.41, 5.74) is 7.52. The molecule has 1 aromatic heterocycles. The third kappa shape index (κ3) is 6.83. The number of methoxy groups -OCH3 is 1. The predicted octanol–water partition coefficient (Wildman–Crippen LogP) is 4.57. The van der Waals surface area contributed by atoms with E-state index in [1.54, 1.807) is 19.4 Å². The average molecular weight is 562 g/mol. The van der Waals surface area contributed by atoms with Crippen molar-refractivity contribution in [1.82, 2.24) is 9.88 Å². The molecule has 0 aliphatic carbocycles. The molecule has 4 N–H and O–H groups in total. The third-order valence-corrected chi connectivity index (χ3v) is 7.76. The molecule has 0 radical (unpaired) electrons. The molecule has 216 valence electrons. The molecule has 1 unspecified atom stereocenters. The topological polar surface area (TPSA) is 118 Å². The summed E-state index contributed by atoms with van der Waals surface area (Å²) in [7, 11) is 1.56. The Labute approximate surface area is 230 Å². The summed E-state index contributed by atoms with van der Waals surface area (Å²) in [6.07, 6.45) is 2.70. The van der Waals surface area contributed by atoms with Crippen molar-refractivity contribution in [1.29, 1.82) is 0 Å². The highest BCUT2D eigenvalue weighted by atomic mass is 19.1. The van der Waals surface area contributed by atoms with Gasteiger partial charge in [-0.1, -0.05) is 0 Å². The number of ether oxygens (including phenoxy) is 2. The summed E-state index contributed by atoms with van der Waals surface area (Å²) in [6, 6.07) is 6.55. The number of hydrogen-bond acceptors (Lipinski definition) is 7. The summed E-state index contributed by atoms with van der Waals surface area (Å²) in [5.74, 6) is -4.13. The zero-order valence-electron chi connectivity index (χ0n) is 22.3. The maximum Gasteiger partial charge on any atom is 0.303 e. The predicted molar refractivity (Wildman–Crippen MR) is 143 cm³/mol. The fourth-order valence-corrected chi connectivity index (χ4v) is 5.53. The van der Waals surface area contributed by atoms with Gasteiger partial charge in [0.2, 0.25) is 0 Å². The van der Waals surface area contributed by atoms with E-state index >= 15 is 0 Å². The SMILES string of the molecule is COc1ccc2ncc(CN)c(C(O)CCC3(CC(=O)O)CCN(CCOc4c(F)cc(F)cc4F)CC3)c2c1. The second-order valence-corrected chi connectivity index (χ2v) is 10.3. The van der Waals surface area contributed by atoms with Crippen LogP contribution in [0.25, 0.3) is 10.9 Å². The highest BCUT2D eigenvalue weighted by molar-refractivity contribution is 5.85. The number of halogens is 3. The average Bonchev–Trinajstić information content (AvgIpc) is 2.92. The number of benzene rings is 2. The van der Waals surface area contributed by atoms with E-state index in [-0.39, 0.29) is 19.6 Å². The minimum atomic E-state index is -1.10. The normalized spacial score (nSPS) is 16.1. The van der Waals surface area contributed by atoms with Crippen molar-refractivity contribution in [2.75, 3.05) is 33.4 Å². The standard InChI is InChI=1S/C29H34F3N3O5/c1-39-20-2-3-24-21(14-20)27(18(16-33)17-34-24)25(36)4-5-29(15-26(37)38)6-8-35(9-7-29)10-11-40-28-22(31)12-19(30)13-23(28)32/h2-3,12-14,17,25,36H,4-11,15-16,33H2,1H3,(H,37,38). The van der Waals surface area contributed by atoms with E-state index in [0.29, 0.717) is 79.8 Å². The lowest BCUT2D eigenvalue weighted by Gasteiger charge is -2.41. The Balaban J connectivity index is 1.41. The molecule has 0 bridgehead atoms. The van der Waals surface area contributed by atoms with Crippen molar-refractivity contribution in [3.8, 4) is 11.5 Å². The summed E-state index contributed by atoms with van der Waals surface area (Å²) < 4.78 is 51.4. The van der Waals surface area contributed by atoms with Gasteiger partial charge in [-0.15, -0.1) is 0 Å². The van der Waals surface area contributed by atoms with Crippen LogP contribution >= 0.6 is 0 Å². The lowest BCUT2D eigenvalue weighted by atomic mass is 9.71. The molecule has 11 heteroatoms. The van der Waals surface area contributed by atoms with Gasteiger partial charge >= 0.3 is 5.97 Å². The molecule has 0 spiro atoms. The smallest absolute Gasteiger partial charge is 0.303 e. The van der Waals surface area contributed by atoms with Gasteiger partial charge in [-0.3, -0.25) is 14.7 Å². The number of carbonyl (C=O) groups is 1. The third-order valence-electron chi connectivity index (χ3n) is 7.76. The molecule has 4 rings (SSSR count). The van der Waals surface area contributed by atoms with Crippen LogP contribution in [0.3, 0.4) is 0 Å². The Morgan fingerprint density at radius 3 is 2.50 bits per heavy atom. The number of nitrogens with zero attached hydrogens (tertiary/aromatic N) is 2. The highest BCUT2D eigenvalue weighted by Crippen LogP contribution is 2.42. The van der Waals surface area contributed by atoms with Crippen LogP contribution in [0.5, 0.6) is 11.5 Å². The number of nitrogens with two attached hydrogens (primary N) is 1. The molecular formula is C29H34F3N3O5. The maximum absolute atomic E-state index is 13.8. The van der Waals surface area contributed by atoms with E-state index in [4.69, 9.17) is 15.2 Å². The van der Waals surface area contributed by atoms with Crippen molar-refractivity contribution in [3.05, 3.63) is 65.1 Å². The number of carboxylic acids is 1. The molecule has 1 atom stereocenters. The number of aliphatic hydroxyl groups excluding tert-OH is 1. The van der Waals surface area contributed by atoms with Crippen LogP contribution in [0.15, 0.2) is 36.5 Å². The molecule has 1 aliphatic rings. The molecule has 8 nitrogen and oxygen atoms in total. The van der Waals surface area contributed by atoms with Gasteiger partial charge in [0.15, 0.2) is 17.4 Å². The van der Waals surface area contributed by atoms with Crippen LogP contribution in [0.2, 0.25) is 0 Å². The molecule has 0 amide bonds. The van der Waals surface area contributed by atoms with Gasteiger partial charge in [-0.25, -0.2) is 13.2 Å². The van der Waals surface area contributed by atoms with Crippen molar-refractivity contribution < 1.29 is 37.7 Å². The first-order valence-corrected chi connectivity index (χ1v) is 13.2. The van der Waals surface area contributed by atoms with E-state index in [1.165, 1.54) is 0 Å². The number of fused-ring (bicyclic) bond motifs is 1. The first kappa shape index (κ1) is 29.6. The van der Waals surface area contributed by atoms with E-state index in [2.05, 4.69) is 4.98 Å². The lowest BCUT2D eigenvalue weighted by Crippen LogP contribution is -2.42. The minimum absolute atomic E-state index is 0.00936. The Hall–Kier alpha value is -3.41. The molecule has 1 aliphatic heterocycles. The van der Waals surface area contributed by atoms with Gasteiger partial charge in [0.1, 0.15) is 18.2 Å². The quantitative estimate of drug-likeness (QED) is 0.294. The molecular weight excluding hydrogens is 527 g/mol. The Morgan fingerprint density at radius 1 is 1.18 bits per heavy atom. The number of likely N-dealkylation sites (tertiary alicyclic amines) is 1. The van der Waals surface area contributed by atoms with Crippen molar-refractivity contribution >= 4 is 16.9 Å². The molecule has 2 heterocycles. The van der Waals surface area contributed by atoms with E-state index in [1.807, 2.05) is 17.0 Å². The Morgan fingerprint density at radius 2 is 1.88 bits per heavy atom. The fraction of sp³-hybridized carbons (Fsp3) is 0.448. The van der Waals surface area contributed by atoms with Crippen molar-refractivity contribution in [2.24, 2.45) is 11.1 Å². The van der Waals surface area contributed by atoms with Crippen LogP contribution in [0.1, 0.15) is 49.3 Å². The molecule has 1 fully saturated rings. The van der Waals surface area contributed by atoms with Crippen LogP contribution < -0.4 is 15.2 Å². The first-order valence-electron chi connectivity index (χ1n) is 13.2. The lowest BCUT2D eigenvalue weighted by molar-refractivity contribution is -0.141. The number of rotatable bonds is 12. The molecule has 40 heavy (non-hydrogen) atoms. The van der Waals surface area contributed by atoms with Crippen molar-refractivity contribution in [2.45, 2.75) is 44.8 Å². The summed E-state index contributed by atoms with van der Waals surface area (Å²) in [6.45, 7) is 1.67. The summed E-state index contributed by atoms with van der Waals surface area (Å²) >= 11 is 0. The largest absolute Gasteiger partial charge is 0.497 e. The highest BCUT2D eigenvalue weighted by Gasteiger charge is 2.37. The van der Waals surface area contributed by atoms with E-state index < -0.39 is 40.7 Å². The number of aliphatic carboxylic acids is 1. The summed E-state index contributed by atoms with van der Waals surface area (Å²) in [5, 5.41) is 21.7. The molecule has 1 saturated heterocycles. The second-order valence-electron chi connectivity index (χ2n) is 10.3. The van der Waals surface area contributed by atoms with Gasteiger partial charge in [-0.2, -0.15) is 0 Å². The number of aromatic nitrogens is 1. The Bertz CT molecular complexity index is 1320. The van der Waals surface area contributed by atoms with Gasteiger partial charge in [0, 0.05) is 36.8 Å². The maximum atomic E-state index is 13.8. The number of piperidine rings is 1. The molecule has 0 saturated carbocycles. The minimum Gasteiger partial charge on any atom is -0.497 e. The summed E-state index contributed by atoms with van der Waals surface area (Å²) in [4.78, 5) is 18.3. The van der Waals surface area contributed by atoms with Gasteiger partial charge in [-0.05, 0) is 73.5 Å². The van der Waals surface area contributed by atoms with Crippen LogP contribution in [-0.2, 0) is 11.3 Å². The number of aliphatic hydroxyl groups is 1. The number of pyridine rings is 1. The second kappa shape index (κ2) is 12.8. The van der Waals surface area contributed by atoms with E-state index in [9.17, 15) is 28.2 Å². The molecule has 3 aromatic rings. The molecule has 2 aromatic carbocycles. The Kier molecular flexibility index (Phi) is 9.49. The van der Waals surface area contributed by atoms with Gasteiger partial charge in [0.05, 0.1) is 25.2 Å². The zero-order valence-corrected chi connectivity index (χ0v) is 22.3. The van der Waals surface area contributed by atoms with Crippen LogP contribution in [-0.4, -0.2) is 59.4 Å². The fourth-order valence-electron chi connectivity index (χ4n) is 5.53. The number of hydrogen-bond donors (Lipinski definition) is 3. The van der Waals surface area contributed by atoms with Crippen LogP contribution in [0, 0.1) is 22.9 Å².